The number of pyridine rings is 1. The Morgan fingerprint density at radius 1 is 1.55 bits per heavy atom. The van der Waals surface area contributed by atoms with Crippen molar-refractivity contribution in [1.82, 2.24) is 4.90 Å². The zero-order valence-electron chi connectivity index (χ0n) is 10.8. The summed E-state index contributed by atoms with van der Waals surface area (Å²) in [7, 11) is 0. The SMILES string of the molecule is CCOC(=O)CN1C(=O)C(=Cc2cccc[nH+]2)SC1=S. The summed E-state index contributed by atoms with van der Waals surface area (Å²) in [6, 6.07) is 5.56. The fourth-order valence-corrected chi connectivity index (χ4v) is 2.86. The van der Waals surface area contributed by atoms with Gasteiger partial charge < -0.3 is 4.74 Å². The highest BCUT2D eigenvalue weighted by Crippen LogP contribution is 2.31. The molecule has 0 atom stereocenters. The van der Waals surface area contributed by atoms with Crippen LogP contribution in [0.1, 0.15) is 12.6 Å². The summed E-state index contributed by atoms with van der Waals surface area (Å²) in [6.45, 7) is 1.85. The average molecular weight is 309 g/mol. The highest BCUT2D eigenvalue weighted by atomic mass is 32.2. The molecule has 1 aliphatic rings. The van der Waals surface area contributed by atoms with E-state index in [1.165, 1.54) is 16.7 Å². The molecular weight excluding hydrogens is 296 g/mol. The minimum absolute atomic E-state index is 0.144. The van der Waals surface area contributed by atoms with Gasteiger partial charge in [-0.1, -0.05) is 24.0 Å². The van der Waals surface area contributed by atoms with Crippen molar-refractivity contribution in [2.24, 2.45) is 0 Å². The molecule has 20 heavy (non-hydrogen) atoms. The number of amides is 1. The Balaban J connectivity index is 2.13. The number of aromatic nitrogens is 1. The zero-order valence-corrected chi connectivity index (χ0v) is 12.4. The fourth-order valence-electron chi connectivity index (χ4n) is 1.61. The van der Waals surface area contributed by atoms with Crippen LogP contribution in [0, 0.1) is 0 Å². The Bertz CT molecular complexity index is 572. The number of nitrogens with one attached hydrogen (secondary N) is 1. The molecule has 0 saturated carbocycles. The number of hydrogen-bond donors (Lipinski definition) is 0. The molecule has 2 heterocycles. The first kappa shape index (κ1) is 14.7. The highest BCUT2D eigenvalue weighted by Gasteiger charge is 2.34. The molecule has 0 spiro atoms. The number of H-pyrrole nitrogens is 1. The molecule has 0 radical (unpaired) electrons. The summed E-state index contributed by atoms with van der Waals surface area (Å²) in [5.41, 5.74) is 0.795. The van der Waals surface area contributed by atoms with Crippen LogP contribution < -0.4 is 4.98 Å². The van der Waals surface area contributed by atoms with Crippen LogP contribution in [0.2, 0.25) is 0 Å². The first-order chi connectivity index (χ1) is 9.61. The van der Waals surface area contributed by atoms with E-state index in [0.29, 0.717) is 9.23 Å². The number of aromatic amines is 1. The summed E-state index contributed by atoms with van der Waals surface area (Å²) in [5, 5.41) is 0. The van der Waals surface area contributed by atoms with Crippen LogP contribution in [0.15, 0.2) is 29.3 Å². The van der Waals surface area contributed by atoms with Gasteiger partial charge in [0, 0.05) is 18.2 Å². The van der Waals surface area contributed by atoms with E-state index in [1.54, 1.807) is 19.2 Å². The molecule has 0 unspecified atom stereocenters. The van der Waals surface area contributed by atoms with Gasteiger partial charge in [-0.2, -0.15) is 0 Å². The molecule has 1 aliphatic heterocycles. The van der Waals surface area contributed by atoms with Gasteiger partial charge in [-0.05, 0) is 13.0 Å². The molecule has 1 aromatic heterocycles. The number of carbonyl (C=O) groups is 2. The van der Waals surface area contributed by atoms with Crippen LogP contribution in [0.3, 0.4) is 0 Å². The third kappa shape index (κ3) is 3.43. The van der Waals surface area contributed by atoms with Crippen LogP contribution in [0.4, 0.5) is 0 Å². The molecule has 1 saturated heterocycles. The van der Waals surface area contributed by atoms with Crippen LogP contribution in [0.5, 0.6) is 0 Å². The number of hydrogen-bond acceptors (Lipinski definition) is 5. The van der Waals surface area contributed by atoms with E-state index in [4.69, 9.17) is 17.0 Å². The van der Waals surface area contributed by atoms with Crippen LogP contribution in [-0.2, 0) is 14.3 Å². The van der Waals surface area contributed by atoms with Crippen LogP contribution >= 0.6 is 24.0 Å². The topological polar surface area (TPSA) is 60.8 Å². The van der Waals surface area contributed by atoms with Crippen molar-refractivity contribution in [3.8, 4) is 0 Å². The van der Waals surface area contributed by atoms with Gasteiger partial charge in [-0.25, -0.2) is 4.98 Å². The number of ether oxygens (including phenoxy) is 1. The maximum Gasteiger partial charge on any atom is 0.326 e. The molecule has 1 N–H and O–H groups in total. The van der Waals surface area contributed by atoms with E-state index in [2.05, 4.69) is 4.98 Å². The maximum atomic E-state index is 12.2. The normalized spacial score (nSPS) is 16.9. The van der Waals surface area contributed by atoms with E-state index >= 15 is 0 Å². The zero-order chi connectivity index (χ0) is 14.5. The van der Waals surface area contributed by atoms with E-state index in [9.17, 15) is 9.59 Å². The van der Waals surface area contributed by atoms with E-state index in [1.807, 2.05) is 18.2 Å². The Morgan fingerprint density at radius 3 is 3.00 bits per heavy atom. The lowest BCUT2D eigenvalue weighted by atomic mass is 10.3. The monoisotopic (exact) mass is 309 g/mol. The molecule has 0 bridgehead atoms. The summed E-state index contributed by atoms with van der Waals surface area (Å²) in [5.74, 6) is -0.735. The van der Waals surface area contributed by atoms with Crippen molar-refractivity contribution in [3.63, 3.8) is 0 Å². The second kappa shape index (κ2) is 6.62. The minimum Gasteiger partial charge on any atom is -0.465 e. The Kier molecular flexibility index (Phi) is 4.86. The van der Waals surface area contributed by atoms with Crippen molar-refractivity contribution < 1.29 is 19.3 Å². The molecule has 1 fully saturated rings. The van der Waals surface area contributed by atoms with Crippen molar-refractivity contribution in [1.29, 1.82) is 0 Å². The van der Waals surface area contributed by atoms with Gasteiger partial charge in [0.25, 0.3) is 5.91 Å². The Labute approximate surface area is 126 Å². The van der Waals surface area contributed by atoms with Crippen molar-refractivity contribution in [3.05, 3.63) is 35.0 Å². The standard InChI is InChI=1S/C13H12N2O3S2/c1-2-18-11(16)8-15-12(17)10(20-13(15)19)7-9-5-3-4-6-14-9/h3-7H,2,8H2,1H3/p+1. The first-order valence-corrected chi connectivity index (χ1v) is 7.22. The fraction of sp³-hybridized carbons (Fsp3) is 0.231. The number of thiocarbonyl (C=S) groups is 1. The second-order valence-corrected chi connectivity index (χ2v) is 5.57. The third-order valence-corrected chi connectivity index (χ3v) is 3.86. The van der Waals surface area contributed by atoms with Gasteiger partial charge in [0.05, 0.1) is 11.5 Å². The van der Waals surface area contributed by atoms with Gasteiger partial charge in [0.1, 0.15) is 10.9 Å². The second-order valence-electron chi connectivity index (χ2n) is 3.89. The van der Waals surface area contributed by atoms with Crippen molar-refractivity contribution in [2.45, 2.75) is 6.92 Å². The predicted octanol–water partition coefficient (Wildman–Crippen LogP) is 1.27. The predicted molar refractivity (Wildman–Crippen MR) is 79.5 cm³/mol. The third-order valence-electron chi connectivity index (χ3n) is 2.49. The summed E-state index contributed by atoms with van der Waals surface area (Å²) in [6.07, 6.45) is 3.48. The van der Waals surface area contributed by atoms with Crippen molar-refractivity contribution >= 4 is 46.3 Å². The smallest absolute Gasteiger partial charge is 0.326 e. The van der Waals surface area contributed by atoms with Crippen LogP contribution in [-0.4, -0.2) is 34.2 Å². The lowest BCUT2D eigenvalue weighted by Crippen LogP contribution is -2.34. The van der Waals surface area contributed by atoms with Crippen LogP contribution in [0.25, 0.3) is 6.08 Å². The highest BCUT2D eigenvalue weighted by molar-refractivity contribution is 8.26. The molecule has 1 aromatic rings. The van der Waals surface area contributed by atoms with Gasteiger partial charge in [0.2, 0.25) is 5.69 Å². The first-order valence-electron chi connectivity index (χ1n) is 5.99. The lowest BCUT2D eigenvalue weighted by molar-refractivity contribution is -0.380. The largest absolute Gasteiger partial charge is 0.465 e. The van der Waals surface area contributed by atoms with Gasteiger partial charge >= 0.3 is 5.97 Å². The van der Waals surface area contributed by atoms with Gasteiger partial charge in [-0.15, -0.1) is 0 Å². The summed E-state index contributed by atoms with van der Waals surface area (Å²) in [4.78, 5) is 28.4. The van der Waals surface area contributed by atoms with E-state index < -0.39 is 5.97 Å². The number of carbonyl (C=O) groups excluding carboxylic acids is 2. The molecule has 104 valence electrons. The van der Waals surface area contributed by atoms with Gasteiger partial charge in [-0.3, -0.25) is 14.5 Å². The Morgan fingerprint density at radius 2 is 2.35 bits per heavy atom. The quantitative estimate of drug-likeness (QED) is 0.476. The molecular formula is C13H13N2O3S2+. The maximum absolute atomic E-state index is 12.2. The number of esters is 1. The average Bonchev–Trinajstić information content (AvgIpc) is 2.68. The van der Waals surface area contributed by atoms with Gasteiger partial charge in [0.15, 0.2) is 6.20 Å². The molecule has 5 nitrogen and oxygen atoms in total. The molecule has 2 rings (SSSR count). The molecule has 0 aromatic carbocycles. The number of rotatable bonds is 4. The number of thioether (sulfide) groups is 1. The molecule has 0 aliphatic carbocycles. The molecule has 1 amide bonds. The van der Waals surface area contributed by atoms with E-state index in [-0.39, 0.29) is 19.1 Å². The summed E-state index contributed by atoms with van der Waals surface area (Å²) >= 11 is 6.30. The van der Waals surface area contributed by atoms with Crippen molar-refractivity contribution in [2.75, 3.05) is 13.2 Å². The molecule has 7 heteroatoms. The summed E-state index contributed by atoms with van der Waals surface area (Å²) < 4.78 is 5.19. The Hall–Kier alpha value is -1.73. The minimum atomic E-state index is -0.462. The van der Waals surface area contributed by atoms with E-state index in [0.717, 1.165) is 5.69 Å². The lowest BCUT2D eigenvalue weighted by Gasteiger charge is -2.12. The number of nitrogens with zero attached hydrogens (tertiary/aromatic N) is 1.